The molecule has 1 aliphatic heterocycles. The van der Waals surface area contributed by atoms with E-state index in [1.54, 1.807) is 0 Å². The van der Waals surface area contributed by atoms with Gasteiger partial charge < -0.3 is 4.79 Å². The van der Waals surface area contributed by atoms with Gasteiger partial charge in [-0.25, -0.2) is 4.98 Å². The summed E-state index contributed by atoms with van der Waals surface area (Å²) in [5, 5.41) is 0. The maximum absolute atomic E-state index is 11.5. The van der Waals surface area contributed by atoms with Gasteiger partial charge in [0.15, 0.2) is 0 Å². The van der Waals surface area contributed by atoms with Gasteiger partial charge in [-0.05, 0) is 22.4 Å². The number of carbonyl (C=O) groups excluding carboxylic acids is 1. The average molecular weight is 243 g/mol. The molecule has 1 unspecified atom stereocenters. The smallest absolute Gasteiger partial charge is 0.268 e. The van der Waals surface area contributed by atoms with Crippen LogP contribution in [0.5, 0.6) is 0 Å². The minimum Gasteiger partial charge on any atom is -0.301 e. The first-order valence-corrected chi connectivity index (χ1v) is 4.74. The van der Waals surface area contributed by atoms with E-state index in [9.17, 15) is 9.59 Å². The van der Waals surface area contributed by atoms with Gasteiger partial charge >= 0.3 is 0 Å². The monoisotopic (exact) mass is 242 g/mol. The lowest BCUT2D eigenvalue weighted by Gasteiger charge is -2.06. The molecule has 1 aromatic heterocycles. The number of hydrogen-bond acceptors (Lipinski definition) is 3. The fourth-order valence-corrected chi connectivity index (χ4v) is 1.84. The minimum absolute atomic E-state index is 0.167. The number of carbonyl (C=O) groups is 1. The van der Waals surface area contributed by atoms with Crippen LogP contribution in [0.3, 0.4) is 0 Å². The van der Waals surface area contributed by atoms with Crippen LogP contribution in [0.1, 0.15) is 18.3 Å². The summed E-state index contributed by atoms with van der Waals surface area (Å²) < 4.78 is 1.86. The molecule has 0 bridgehead atoms. The molecule has 68 valence electrons. The Kier molecular flexibility index (Phi) is 2.03. The van der Waals surface area contributed by atoms with E-state index in [2.05, 4.69) is 20.9 Å². The van der Waals surface area contributed by atoms with Crippen molar-refractivity contribution < 1.29 is 4.79 Å². The number of aldehydes is 1. The van der Waals surface area contributed by atoms with Gasteiger partial charge in [0.05, 0.1) is 6.04 Å². The van der Waals surface area contributed by atoms with Crippen LogP contribution >= 0.6 is 15.9 Å². The van der Waals surface area contributed by atoms with Gasteiger partial charge in [-0.1, -0.05) is 0 Å². The molecule has 0 spiro atoms. The summed E-state index contributed by atoms with van der Waals surface area (Å²) >= 11 is 3.09. The summed E-state index contributed by atoms with van der Waals surface area (Å²) in [4.78, 5) is 26.3. The fraction of sp³-hybridized carbons (Fsp3) is 0.375. The maximum Gasteiger partial charge on any atom is 0.268 e. The van der Waals surface area contributed by atoms with Crippen molar-refractivity contribution in [2.45, 2.75) is 18.9 Å². The van der Waals surface area contributed by atoms with Gasteiger partial charge in [0.25, 0.3) is 5.56 Å². The standard InChI is InChI=1S/C8H7BrN2O2/c9-6-3-10-7-2-1-5(4-12)11(7)8(6)13/h3-5H,1-2H2. The second-order valence-corrected chi connectivity index (χ2v) is 3.79. The van der Waals surface area contributed by atoms with Gasteiger partial charge in [0, 0.05) is 12.6 Å². The summed E-state index contributed by atoms with van der Waals surface area (Å²) in [6.45, 7) is 0. The Morgan fingerprint density at radius 1 is 1.69 bits per heavy atom. The lowest BCUT2D eigenvalue weighted by atomic mass is 10.2. The van der Waals surface area contributed by atoms with Crippen molar-refractivity contribution in [2.75, 3.05) is 0 Å². The van der Waals surface area contributed by atoms with E-state index in [1.165, 1.54) is 10.8 Å². The van der Waals surface area contributed by atoms with Gasteiger partial charge in [-0.15, -0.1) is 0 Å². The minimum atomic E-state index is -0.326. The Morgan fingerprint density at radius 3 is 3.15 bits per heavy atom. The molecule has 1 aromatic rings. The molecule has 0 amide bonds. The van der Waals surface area contributed by atoms with E-state index in [4.69, 9.17) is 0 Å². The summed E-state index contributed by atoms with van der Waals surface area (Å²) in [6, 6.07) is -0.326. The average Bonchev–Trinajstić information content (AvgIpc) is 2.55. The number of fused-ring (bicyclic) bond motifs is 1. The highest BCUT2D eigenvalue weighted by atomic mass is 79.9. The van der Waals surface area contributed by atoms with Crippen molar-refractivity contribution in [1.82, 2.24) is 9.55 Å². The predicted molar refractivity (Wildman–Crippen MR) is 49.6 cm³/mol. The summed E-state index contributed by atoms with van der Waals surface area (Å²) in [6.07, 6.45) is 3.67. The zero-order chi connectivity index (χ0) is 9.42. The molecule has 1 atom stereocenters. The third kappa shape index (κ3) is 1.23. The Bertz CT molecular complexity index is 413. The summed E-state index contributed by atoms with van der Waals surface area (Å²) in [7, 11) is 0. The molecule has 5 heteroatoms. The Hall–Kier alpha value is -0.970. The van der Waals surface area contributed by atoms with Gasteiger partial charge in [-0.2, -0.15) is 0 Å². The van der Waals surface area contributed by atoms with Crippen LogP contribution in [-0.2, 0) is 11.2 Å². The third-order valence-electron chi connectivity index (χ3n) is 2.18. The molecule has 0 saturated heterocycles. The maximum atomic E-state index is 11.5. The number of rotatable bonds is 1. The molecule has 2 rings (SSSR count). The molecule has 4 nitrogen and oxygen atoms in total. The van der Waals surface area contributed by atoms with E-state index in [0.29, 0.717) is 23.1 Å². The number of aromatic nitrogens is 2. The normalized spacial score (nSPS) is 19.9. The molecule has 2 heterocycles. The molecule has 0 aliphatic carbocycles. The zero-order valence-electron chi connectivity index (χ0n) is 6.74. The highest BCUT2D eigenvalue weighted by Gasteiger charge is 2.24. The first-order chi connectivity index (χ1) is 6.24. The first kappa shape index (κ1) is 8.62. The van der Waals surface area contributed by atoms with Crippen molar-refractivity contribution in [3.63, 3.8) is 0 Å². The molecular weight excluding hydrogens is 236 g/mol. The molecular formula is C8H7BrN2O2. The Labute approximate surface area is 82.7 Å². The van der Waals surface area contributed by atoms with Crippen LogP contribution in [-0.4, -0.2) is 15.8 Å². The molecule has 13 heavy (non-hydrogen) atoms. The predicted octanol–water partition coefficient (Wildman–Crippen LogP) is 0.692. The van der Waals surface area contributed by atoms with Crippen LogP contribution in [0.25, 0.3) is 0 Å². The van der Waals surface area contributed by atoms with Crippen molar-refractivity contribution in [2.24, 2.45) is 0 Å². The third-order valence-corrected chi connectivity index (χ3v) is 2.72. The van der Waals surface area contributed by atoms with E-state index < -0.39 is 0 Å². The van der Waals surface area contributed by atoms with E-state index in [-0.39, 0.29) is 11.6 Å². The highest BCUT2D eigenvalue weighted by molar-refractivity contribution is 9.10. The lowest BCUT2D eigenvalue weighted by molar-refractivity contribution is -0.110. The topological polar surface area (TPSA) is 52.0 Å². The quantitative estimate of drug-likeness (QED) is 0.682. The SMILES string of the molecule is O=CC1CCc2ncc(Br)c(=O)n21. The fourth-order valence-electron chi connectivity index (χ4n) is 1.54. The van der Waals surface area contributed by atoms with Crippen molar-refractivity contribution in [3.8, 4) is 0 Å². The van der Waals surface area contributed by atoms with Crippen LogP contribution in [0.4, 0.5) is 0 Å². The zero-order valence-corrected chi connectivity index (χ0v) is 8.32. The first-order valence-electron chi connectivity index (χ1n) is 3.95. The van der Waals surface area contributed by atoms with Gasteiger partial charge in [0.2, 0.25) is 0 Å². The highest BCUT2D eigenvalue weighted by Crippen LogP contribution is 2.20. The van der Waals surface area contributed by atoms with Crippen LogP contribution in [0.2, 0.25) is 0 Å². The molecule has 0 fully saturated rings. The number of hydrogen-bond donors (Lipinski definition) is 0. The Balaban J connectivity index is 2.67. The van der Waals surface area contributed by atoms with Crippen molar-refractivity contribution >= 4 is 22.2 Å². The lowest BCUT2D eigenvalue weighted by Crippen LogP contribution is -2.25. The van der Waals surface area contributed by atoms with Crippen LogP contribution in [0.15, 0.2) is 15.5 Å². The van der Waals surface area contributed by atoms with E-state index in [1.807, 2.05) is 0 Å². The Morgan fingerprint density at radius 2 is 2.46 bits per heavy atom. The van der Waals surface area contributed by atoms with Crippen molar-refractivity contribution in [1.29, 1.82) is 0 Å². The second kappa shape index (κ2) is 3.06. The van der Waals surface area contributed by atoms with Crippen LogP contribution < -0.4 is 5.56 Å². The molecule has 0 saturated carbocycles. The second-order valence-electron chi connectivity index (χ2n) is 2.94. The van der Waals surface area contributed by atoms with Crippen LogP contribution in [0, 0.1) is 0 Å². The van der Waals surface area contributed by atoms with Gasteiger partial charge in [0.1, 0.15) is 16.6 Å². The van der Waals surface area contributed by atoms with Crippen molar-refractivity contribution in [3.05, 3.63) is 26.8 Å². The molecule has 0 aromatic carbocycles. The molecule has 0 radical (unpaired) electrons. The van der Waals surface area contributed by atoms with Gasteiger partial charge in [-0.3, -0.25) is 9.36 Å². The largest absolute Gasteiger partial charge is 0.301 e. The number of nitrogens with zero attached hydrogens (tertiary/aromatic N) is 2. The number of aryl methyl sites for hydroxylation is 1. The summed E-state index contributed by atoms with van der Waals surface area (Å²) in [5.74, 6) is 0.699. The molecule has 1 aliphatic rings. The number of halogens is 1. The van der Waals surface area contributed by atoms with E-state index >= 15 is 0 Å². The molecule has 0 N–H and O–H groups in total. The summed E-state index contributed by atoms with van der Waals surface area (Å²) in [5.41, 5.74) is -0.167. The van der Waals surface area contributed by atoms with E-state index in [0.717, 1.165) is 6.29 Å².